The third kappa shape index (κ3) is 3.70. The number of anilines is 1. The van der Waals surface area contributed by atoms with Gasteiger partial charge in [0.05, 0.1) is 0 Å². The van der Waals surface area contributed by atoms with E-state index in [1.165, 1.54) is 18.4 Å². The summed E-state index contributed by atoms with van der Waals surface area (Å²) >= 11 is 0. The number of rotatable bonds is 5. The van der Waals surface area contributed by atoms with Crippen molar-refractivity contribution >= 4 is 5.82 Å². The van der Waals surface area contributed by atoms with Crippen LogP contribution < -0.4 is 10.2 Å². The van der Waals surface area contributed by atoms with Crippen LogP contribution in [-0.2, 0) is 6.54 Å². The van der Waals surface area contributed by atoms with Gasteiger partial charge in [-0.2, -0.15) is 0 Å². The van der Waals surface area contributed by atoms with E-state index in [2.05, 4.69) is 48.1 Å². The lowest BCUT2D eigenvalue weighted by Crippen LogP contribution is -2.21. The molecule has 0 atom stereocenters. The number of hydrogen-bond donors (Lipinski definition) is 1. The van der Waals surface area contributed by atoms with E-state index in [4.69, 9.17) is 0 Å². The van der Waals surface area contributed by atoms with Crippen LogP contribution in [0.1, 0.15) is 37.9 Å². The summed E-state index contributed by atoms with van der Waals surface area (Å²) in [5.41, 5.74) is 2.48. The number of nitrogens with one attached hydrogen (secondary N) is 1. The molecule has 0 bridgehead atoms. The average molecular weight is 247 g/mol. The third-order valence-electron chi connectivity index (χ3n) is 3.31. The van der Waals surface area contributed by atoms with Crippen LogP contribution in [0.25, 0.3) is 0 Å². The fourth-order valence-corrected chi connectivity index (χ4v) is 2.44. The van der Waals surface area contributed by atoms with Crippen molar-refractivity contribution in [3.63, 3.8) is 0 Å². The number of pyridine rings is 1. The topological polar surface area (TPSA) is 28.2 Å². The smallest absolute Gasteiger partial charge is 0.129 e. The van der Waals surface area contributed by atoms with Gasteiger partial charge in [0.1, 0.15) is 5.82 Å². The highest BCUT2D eigenvalue weighted by molar-refractivity contribution is 5.43. The van der Waals surface area contributed by atoms with Crippen molar-refractivity contribution in [2.45, 2.75) is 40.2 Å². The van der Waals surface area contributed by atoms with E-state index in [9.17, 15) is 0 Å². The van der Waals surface area contributed by atoms with E-state index in [1.54, 1.807) is 0 Å². The highest BCUT2D eigenvalue weighted by atomic mass is 15.2. The fourth-order valence-electron chi connectivity index (χ4n) is 2.44. The summed E-state index contributed by atoms with van der Waals surface area (Å²) in [6.45, 7) is 10.9. The van der Waals surface area contributed by atoms with Crippen molar-refractivity contribution in [2.75, 3.05) is 24.5 Å². The molecule has 2 rings (SSSR count). The maximum Gasteiger partial charge on any atom is 0.129 e. The molecule has 3 nitrogen and oxygen atoms in total. The van der Waals surface area contributed by atoms with Crippen LogP contribution in [0, 0.1) is 12.8 Å². The molecule has 0 aromatic carbocycles. The zero-order valence-electron chi connectivity index (χ0n) is 11.9. The summed E-state index contributed by atoms with van der Waals surface area (Å²) in [7, 11) is 0. The summed E-state index contributed by atoms with van der Waals surface area (Å²) < 4.78 is 0. The van der Waals surface area contributed by atoms with Crippen LogP contribution in [0.2, 0.25) is 0 Å². The molecule has 0 spiro atoms. The van der Waals surface area contributed by atoms with Gasteiger partial charge in [0.2, 0.25) is 0 Å². The van der Waals surface area contributed by atoms with E-state index in [1.807, 2.05) is 0 Å². The zero-order chi connectivity index (χ0) is 13.0. The summed E-state index contributed by atoms with van der Waals surface area (Å²) in [4.78, 5) is 7.06. The fraction of sp³-hybridized carbons (Fsp3) is 0.667. The third-order valence-corrected chi connectivity index (χ3v) is 3.31. The SMILES string of the molecule is Cc1cc(CNCC(C)C)cc(N2CCCC2)n1. The van der Waals surface area contributed by atoms with Gasteiger partial charge in [0.25, 0.3) is 0 Å². The van der Waals surface area contributed by atoms with Crippen LogP contribution in [0.3, 0.4) is 0 Å². The lowest BCUT2D eigenvalue weighted by molar-refractivity contribution is 0.552. The molecule has 1 fully saturated rings. The first kappa shape index (κ1) is 13.3. The summed E-state index contributed by atoms with van der Waals surface area (Å²) in [5, 5.41) is 3.50. The molecule has 1 aromatic heterocycles. The van der Waals surface area contributed by atoms with Crippen molar-refractivity contribution in [1.29, 1.82) is 0 Å². The Balaban J connectivity index is 2.01. The average Bonchev–Trinajstić information content (AvgIpc) is 2.81. The maximum absolute atomic E-state index is 4.66. The molecule has 1 aliphatic rings. The Labute approximate surface area is 111 Å². The molecule has 3 heteroatoms. The Kier molecular flexibility index (Phi) is 4.59. The predicted molar refractivity (Wildman–Crippen MR) is 77.0 cm³/mol. The second-order valence-electron chi connectivity index (χ2n) is 5.69. The zero-order valence-corrected chi connectivity index (χ0v) is 11.9. The largest absolute Gasteiger partial charge is 0.357 e. The highest BCUT2D eigenvalue weighted by Crippen LogP contribution is 2.19. The van der Waals surface area contributed by atoms with Crippen molar-refractivity contribution in [2.24, 2.45) is 5.92 Å². The standard InChI is InChI=1S/C15H25N3/c1-12(2)10-16-11-14-8-13(3)17-15(9-14)18-6-4-5-7-18/h8-9,12,16H,4-7,10-11H2,1-3H3. The molecule has 2 heterocycles. The first-order chi connectivity index (χ1) is 8.65. The van der Waals surface area contributed by atoms with Crippen LogP contribution in [0.4, 0.5) is 5.82 Å². The molecule has 1 aromatic rings. The van der Waals surface area contributed by atoms with E-state index < -0.39 is 0 Å². The van der Waals surface area contributed by atoms with Gasteiger partial charge >= 0.3 is 0 Å². The van der Waals surface area contributed by atoms with Gasteiger partial charge in [-0.3, -0.25) is 0 Å². The van der Waals surface area contributed by atoms with Gasteiger partial charge < -0.3 is 10.2 Å². The Bertz CT molecular complexity index is 381. The number of nitrogens with zero attached hydrogens (tertiary/aromatic N) is 2. The van der Waals surface area contributed by atoms with Crippen LogP contribution in [-0.4, -0.2) is 24.6 Å². The van der Waals surface area contributed by atoms with E-state index in [-0.39, 0.29) is 0 Å². The van der Waals surface area contributed by atoms with Gasteiger partial charge in [-0.05, 0) is 49.9 Å². The summed E-state index contributed by atoms with van der Waals surface area (Å²) in [6, 6.07) is 4.43. The molecule has 1 N–H and O–H groups in total. The Morgan fingerprint density at radius 2 is 2.00 bits per heavy atom. The second kappa shape index (κ2) is 6.19. The van der Waals surface area contributed by atoms with Crippen LogP contribution in [0.15, 0.2) is 12.1 Å². The van der Waals surface area contributed by atoms with Gasteiger partial charge in [0, 0.05) is 25.3 Å². The first-order valence-electron chi connectivity index (χ1n) is 7.08. The van der Waals surface area contributed by atoms with Gasteiger partial charge in [0.15, 0.2) is 0 Å². The minimum Gasteiger partial charge on any atom is -0.357 e. The molecule has 0 saturated carbocycles. The molecule has 0 amide bonds. The molecule has 0 aliphatic carbocycles. The highest BCUT2D eigenvalue weighted by Gasteiger charge is 2.14. The summed E-state index contributed by atoms with van der Waals surface area (Å²) in [5.74, 6) is 1.86. The molecule has 0 radical (unpaired) electrons. The molecule has 1 saturated heterocycles. The van der Waals surface area contributed by atoms with E-state index in [0.29, 0.717) is 5.92 Å². The number of hydrogen-bond acceptors (Lipinski definition) is 3. The van der Waals surface area contributed by atoms with Crippen molar-refractivity contribution in [3.05, 3.63) is 23.4 Å². The molecule has 100 valence electrons. The Morgan fingerprint density at radius 3 is 2.67 bits per heavy atom. The van der Waals surface area contributed by atoms with Crippen LogP contribution in [0.5, 0.6) is 0 Å². The molecule has 1 aliphatic heterocycles. The van der Waals surface area contributed by atoms with Crippen LogP contribution >= 0.6 is 0 Å². The molecular formula is C15H25N3. The number of aryl methyl sites for hydroxylation is 1. The van der Waals surface area contributed by atoms with Crippen molar-refractivity contribution < 1.29 is 0 Å². The van der Waals surface area contributed by atoms with E-state index >= 15 is 0 Å². The predicted octanol–water partition coefficient (Wildman–Crippen LogP) is 2.74. The first-order valence-corrected chi connectivity index (χ1v) is 7.08. The normalized spacial score (nSPS) is 15.7. The van der Waals surface area contributed by atoms with Gasteiger partial charge in [-0.15, -0.1) is 0 Å². The van der Waals surface area contributed by atoms with Crippen molar-refractivity contribution in [3.8, 4) is 0 Å². The van der Waals surface area contributed by atoms with Crippen molar-refractivity contribution in [1.82, 2.24) is 10.3 Å². The Morgan fingerprint density at radius 1 is 1.28 bits per heavy atom. The minimum absolute atomic E-state index is 0.700. The molecule has 18 heavy (non-hydrogen) atoms. The Hall–Kier alpha value is -1.09. The number of aromatic nitrogens is 1. The monoisotopic (exact) mass is 247 g/mol. The van der Waals surface area contributed by atoms with Gasteiger partial charge in [-0.1, -0.05) is 13.8 Å². The molecular weight excluding hydrogens is 222 g/mol. The summed E-state index contributed by atoms with van der Waals surface area (Å²) in [6.07, 6.45) is 2.60. The minimum atomic E-state index is 0.700. The second-order valence-corrected chi connectivity index (χ2v) is 5.69. The maximum atomic E-state index is 4.66. The lowest BCUT2D eigenvalue weighted by atomic mass is 10.2. The molecule has 0 unspecified atom stereocenters. The van der Waals surface area contributed by atoms with E-state index in [0.717, 1.165) is 37.7 Å². The quantitative estimate of drug-likeness (QED) is 0.867. The van der Waals surface area contributed by atoms with Gasteiger partial charge in [-0.25, -0.2) is 4.98 Å². The lowest BCUT2D eigenvalue weighted by Gasteiger charge is -2.18.